The fourth-order valence-electron chi connectivity index (χ4n) is 2.85. The van der Waals surface area contributed by atoms with Gasteiger partial charge < -0.3 is 5.32 Å². The van der Waals surface area contributed by atoms with Crippen molar-refractivity contribution in [1.29, 1.82) is 0 Å². The molecule has 20 heavy (non-hydrogen) atoms. The molecule has 0 saturated carbocycles. The van der Waals surface area contributed by atoms with Crippen LogP contribution in [0, 0.1) is 0 Å². The zero-order chi connectivity index (χ0) is 13.9. The van der Waals surface area contributed by atoms with Gasteiger partial charge in [-0.1, -0.05) is 36.0 Å². The SMILES string of the molecule is CNC1c2ccccc2CCCC1Sc1nnnn1C. The standard InChI is InChI=1S/C14H19N5S/c1-15-13-11-8-4-3-6-10(11)7-5-9-12(13)20-14-16-17-18-19(14)2/h3-4,6,8,12-13,15H,5,7,9H2,1-2H3. The van der Waals surface area contributed by atoms with Crippen LogP contribution in [-0.2, 0) is 13.5 Å². The average Bonchev–Trinajstić information content (AvgIpc) is 2.77. The second-order valence-corrected chi connectivity index (χ2v) is 6.31. The Kier molecular flexibility index (Phi) is 4.03. The van der Waals surface area contributed by atoms with Gasteiger partial charge in [0.2, 0.25) is 5.16 Å². The Morgan fingerprint density at radius 1 is 1.35 bits per heavy atom. The van der Waals surface area contributed by atoms with Crippen LogP contribution in [0.4, 0.5) is 0 Å². The molecule has 106 valence electrons. The molecule has 0 radical (unpaired) electrons. The summed E-state index contributed by atoms with van der Waals surface area (Å²) in [6.45, 7) is 0. The predicted octanol–water partition coefficient (Wildman–Crippen LogP) is 1.97. The quantitative estimate of drug-likeness (QED) is 0.876. The molecule has 6 heteroatoms. The van der Waals surface area contributed by atoms with Gasteiger partial charge in [-0.15, -0.1) is 5.10 Å². The third-order valence-corrected chi connectivity index (χ3v) is 5.21. The number of rotatable bonds is 3. The minimum absolute atomic E-state index is 0.343. The highest BCUT2D eigenvalue weighted by Gasteiger charge is 2.28. The van der Waals surface area contributed by atoms with Gasteiger partial charge in [0.25, 0.3) is 0 Å². The summed E-state index contributed by atoms with van der Waals surface area (Å²) in [6.07, 6.45) is 3.53. The average molecular weight is 289 g/mol. The molecule has 0 amide bonds. The first-order valence-corrected chi connectivity index (χ1v) is 7.81. The van der Waals surface area contributed by atoms with Crippen LogP contribution < -0.4 is 5.32 Å². The molecule has 2 atom stereocenters. The molecule has 1 heterocycles. The molecule has 1 aliphatic carbocycles. The maximum Gasteiger partial charge on any atom is 0.209 e. The molecule has 0 aliphatic heterocycles. The van der Waals surface area contributed by atoms with Gasteiger partial charge in [0.1, 0.15) is 0 Å². The Morgan fingerprint density at radius 2 is 2.20 bits per heavy atom. The van der Waals surface area contributed by atoms with E-state index in [2.05, 4.69) is 45.1 Å². The summed E-state index contributed by atoms with van der Waals surface area (Å²) in [6, 6.07) is 9.09. The number of thioether (sulfide) groups is 1. The van der Waals surface area contributed by atoms with Gasteiger partial charge in [-0.25, -0.2) is 4.68 Å². The molecule has 2 aromatic rings. The number of benzene rings is 1. The number of hydrogen-bond donors (Lipinski definition) is 1. The first kappa shape index (κ1) is 13.6. The van der Waals surface area contributed by atoms with Crippen LogP contribution in [0.5, 0.6) is 0 Å². The monoisotopic (exact) mass is 289 g/mol. The normalized spacial score (nSPS) is 22.3. The molecule has 0 saturated heterocycles. The molecule has 2 unspecified atom stereocenters. The molecule has 1 N–H and O–H groups in total. The van der Waals surface area contributed by atoms with Crippen molar-refractivity contribution in [2.75, 3.05) is 7.05 Å². The number of aryl methyl sites for hydroxylation is 2. The van der Waals surface area contributed by atoms with E-state index in [0.29, 0.717) is 11.3 Å². The van der Waals surface area contributed by atoms with Crippen LogP contribution in [0.1, 0.15) is 30.0 Å². The van der Waals surface area contributed by atoms with Crippen LogP contribution in [0.2, 0.25) is 0 Å². The zero-order valence-corrected chi connectivity index (χ0v) is 12.6. The highest BCUT2D eigenvalue weighted by molar-refractivity contribution is 7.99. The number of fused-ring (bicyclic) bond motifs is 1. The van der Waals surface area contributed by atoms with Crippen LogP contribution in [0.15, 0.2) is 29.4 Å². The third kappa shape index (κ3) is 2.58. The lowest BCUT2D eigenvalue weighted by atomic mass is 9.99. The predicted molar refractivity (Wildman–Crippen MR) is 79.6 cm³/mol. The van der Waals surface area contributed by atoms with Crippen molar-refractivity contribution in [2.24, 2.45) is 7.05 Å². The Balaban J connectivity index is 1.89. The summed E-state index contributed by atoms with van der Waals surface area (Å²) < 4.78 is 1.74. The van der Waals surface area contributed by atoms with Gasteiger partial charge in [-0.3, -0.25) is 0 Å². The van der Waals surface area contributed by atoms with E-state index >= 15 is 0 Å². The van der Waals surface area contributed by atoms with E-state index in [0.717, 1.165) is 18.0 Å². The number of hydrogen-bond acceptors (Lipinski definition) is 5. The Morgan fingerprint density at radius 3 is 2.95 bits per heavy atom. The second-order valence-electron chi connectivity index (χ2n) is 5.10. The van der Waals surface area contributed by atoms with Crippen molar-refractivity contribution >= 4 is 11.8 Å². The molecule has 1 aromatic heterocycles. The zero-order valence-electron chi connectivity index (χ0n) is 11.8. The summed E-state index contributed by atoms with van der Waals surface area (Å²) in [5, 5.41) is 16.6. The lowest BCUT2D eigenvalue weighted by molar-refractivity contribution is 0.544. The molecule has 0 fully saturated rings. The molecular formula is C14H19N5S. The van der Waals surface area contributed by atoms with Gasteiger partial charge in [0, 0.05) is 18.3 Å². The summed E-state index contributed by atoms with van der Waals surface area (Å²) in [7, 11) is 3.93. The first-order valence-electron chi connectivity index (χ1n) is 6.93. The van der Waals surface area contributed by atoms with E-state index in [4.69, 9.17) is 0 Å². The molecule has 1 aromatic carbocycles. The van der Waals surface area contributed by atoms with E-state index in [-0.39, 0.29) is 0 Å². The Bertz CT molecular complexity index is 582. The second kappa shape index (κ2) is 5.93. The van der Waals surface area contributed by atoms with Gasteiger partial charge >= 0.3 is 0 Å². The number of nitrogens with zero attached hydrogens (tertiary/aromatic N) is 4. The lowest BCUT2D eigenvalue weighted by Crippen LogP contribution is -2.27. The number of nitrogens with one attached hydrogen (secondary N) is 1. The third-order valence-electron chi connectivity index (χ3n) is 3.85. The fourth-order valence-corrected chi connectivity index (χ4v) is 4.10. The summed E-state index contributed by atoms with van der Waals surface area (Å²) in [5.74, 6) is 0. The molecule has 0 spiro atoms. The van der Waals surface area contributed by atoms with Crippen molar-refractivity contribution in [3.05, 3.63) is 35.4 Å². The lowest BCUT2D eigenvalue weighted by Gasteiger charge is -2.25. The van der Waals surface area contributed by atoms with Gasteiger partial charge in [0.05, 0.1) is 0 Å². The first-order chi connectivity index (χ1) is 9.79. The van der Waals surface area contributed by atoms with Crippen molar-refractivity contribution in [2.45, 2.75) is 35.7 Å². The van der Waals surface area contributed by atoms with Crippen molar-refractivity contribution in [3.63, 3.8) is 0 Å². The van der Waals surface area contributed by atoms with Crippen LogP contribution in [0.3, 0.4) is 0 Å². The smallest absolute Gasteiger partial charge is 0.209 e. The Labute approximate surface area is 123 Å². The van der Waals surface area contributed by atoms with Crippen LogP contribution in [-0.4, -0.2) is 32.5 Å². The van der Waals surface area contributed by atoms with Crippen molar-refractivity contribution < 1.29 is 0 Å². The molecular weight excluding hydrogens is 270 g/mol. The largest absolute Gasteiger partial charge is 0.312 e. The van der Waals surface area contributed by atoms with E-state index < -0.39 is 0 Å². The van der Waals surface area contributed by atoms with Gasteiger partial charge in [0.15, 0.2) is 0 Å². The molecule has 0 bridgehead atoms. The van der Waals surface area contributed by atoms with Crippen molar-refractivity contribution in [3.8, 4) is 0 Å². The minimum atomic E-state index is 0.343. The van der Waals surface area contributed by atoms with E-state index in [1.54, 1.807) is 16.4 Å². The highest BCUT2D eigenvalue weighted by Crippen LogP contribution is 2.37. The molecule has 3 rings (SSSR count). The summed E-state index contributed by atoms with van der Waals surface area (Å²) in [4.78, 5) is 0. The minimum Gasteiger partial charge on any atom is -0.312 e. The van der Waals surface area contributed by atoms with Crippen LogP contribution in [0.25, 0.3) is 0 Å². The summed E-state index contributed by atoms with van der Waals surface area (Å²) in [5.41, 5.74) is 2.88. The van der Waals surface area contributed by atoms with E-state index in [9.17, 15) is 0 Å². The number of aromatic nitrogens is 4. The topological polar surface area (TPSA) is 55.6 Å². The maximum absolute atomic E-state index is 4.10. The van der Waals surface area contributed by atoms with Crippen LogP contribution >= 0.6 is 11.8 Å². The highest BCUT2D eigenvalue weighted by atomic mass is 32.2. The van der Waals surface area contributed by atoms with E-state index in [1.807, 2.05) is 14.1 Å². The molecule has 1 aliphatic rings. The van der Waals surface area contributed by atoms with E-state index in [1.165, 1.54) is 17.5 Å². The summed E-state index contributed by atoms with van der Waals surface area (Å²) >= 11 is 1.77. The fraction of sp³-hybridized carbons (Fsp3) is 0.500. The maximum atomic E-state index is 4.10. The van der Waals surface area contributed by atoms with Crippen molar-refractivity contribution in [1.82, 2.24) is 25.5 Å². The van der Waals surface area contributed by atoms with Gasteiger partial charge in [-0.2, -0.15) is 0 Å². The molecule has 5 nitrogen and oxygen atoms in total. The number of tetrazole rings is 1. The van der Waals surface area contributed by atoms with Gasteiger partial charge in [-0.05, 0) is 47.9 Å². The Hall–Kier alpha value is -1.40.